The highest BCUT2D eigenvalue weighted by Gasteiger charge is 2.16. The average molecular weight is 556 g/mol. The Balaban J connectivity index is 1.45. The van der Waals surface area contributed by atoms with Gasteiger partial charge in [-0.05, 0) is 68.5 Å². The van der Waals surface area contributed by atoms with E-state index < -0.39 is 5.63 Å². The molecule has 3 N–H and O–H groups in total. The van der Waals surface area contributed by atoms with E-state index in [9.17, 15) is 14.4 Å². The maximum absolute atomic E-state index is 13.0. The SMILES string of the molecule is Cc1c(CNC(=O)NC(C)(C)C)ccc2nc(Nc3ccccc3CCC(=O)N(C)Cc3ccccc3)oc(=O)c12. The lowest BCUT2D eigenvalue weighted by Crippen LogP contribution is -2.46. The maximum atomic E-state index is 13.0. The number of aromatic nitrogens is 1. The van der Waals surface area contributed by atoms with E-state index in [1.165, 1.54) is 0 Å². The highest BCUT2D eigenvalue weighted by molar-refractivity contribution is 5.83. The van der Waals surface area contributed by atoms with Gasteiger partial charge in [0.25, 0.3) is 0 Å². The Labute approximate surface area is 240 Å². The summed E-state index contributed by atoms with van der Waals surface area (Å²) in [6.45, 7) is 8.33. The molecule has 0 saturated heterocycles. The van der Waals surface area contributed by atoms with Gasteiger partial charge < -0.3 is 25.3 Å². The Morgan fingerprint density at radius 1 is 0.951 bits per heavy atom. The summed E-state index contributed by atoms with van der Waals surface area (Å²) in [6.07, 6.45) is 0.845. The van der Waals surface area contributed by atoms with E-state index in [1.54, 1.807) is 18.0 Å². The molecule has 1 aromatic heterocycles. The summed E-state index contributed by atoms with van der Waals surface area (Å²) in [4.78, 5) is 44.2. The predicted molar refractivity (Wildman–Crippen MR) is 161 cm³/mol. The second-order valence-corrected chi connectivity index (χ2v) is 11.1. The minimum atomic E-state index is -0.522. The lowest BCUT2D eigenvalue weighted by Gasteiger charge is -2.21. The molecule has 0 aliphatic heterocycles. The Bertz CT molecular complexity index is 1590. The van der Waals surface area contributed by atoms with Crippen LogP contribution in [0.15, 0.2) is 75.9 Å². The molecule has 4 rings (SSSR count). The lowest BCUT2D eigenvalue weighted by atomic mass is 10.0. The summed E-state index contributed by atoms with van der Waals surface area (Å²) < 4.78 is 5.55. The number of amides is 3. The molecule has 9 heteroatoms. The number of nitrogens with one attached hydrogen (secondary N) is 3. The third-order valence-electron chi connectivity index (χ3n) is 6.65. The Morgan fingerprint density at radius 3 is 2.39 bits per heavy atom. The van der Waals surface area contributed by atoms with Gasteiger partial charge in [-0.15, -0.1) is 0 Å². The van der Waals surface area contributed by atoms with Gasteiger partial charge in [-0.25, -0.2) is 9.59 Å². The van der Waals surface area contributed by atoms with Crippen LogP contribution in [0, 0.1) is 6.92 Å². The molecule has 0 fully saturated rings. The number of carbonyl (C=O) groups excluding carboxylic acids is 2. The zero-order valence-electron chi connectivity index (χ0n) is 24.2. The first-order valence-electron chi connectivity index (χ1n) is 13.6. The highest BCUT2D eigenvalue weighted by atomic mass is 16.4. The van der Waals surface area contributed by atoms with Crippen LogP contribution in [-0.4, -0.2) is 34.4 Å². The number of urea groups is 1. The average Bonchev–Trinajstić information content (AvgIpc) is 2.91. The van der Waals surface area contributed by atoms with E-state index in [2.05, 4.69) is 20.9 Å². The maximum Gasteiger partial charge on any atom is 0.348 e. The normalized spacial score (nSPS) is 11.2. The van der Waals surface area contributed by atoms with Crippen LogP contribution in [-0.2, 0) is 24.3 Å². The van der Waals surface area contributed by atoms with Crippen molar-refractivity contribution < 1.29 is 14.0 Å². The molecule has 3 aromatic carbocycles. The van der Waals surface area contributed by atoms with E-state index in [4.69, 9.17) is 4.42 Å². The van der Waals surface area contributed by atoms with E-state index >= 15 is 0 Å². The minimum absolute atomic E-state index is 0.0377. The molecule has 0 atom stereocenters. The summed E-state index contributed by atoms with van der Waals surface area (Å²) in [5.41, 5.74) is 3.80. The topological polar surface area (TPSA) is 117 Å². The fourth-order valence-electron chi connectivity index (χ4n) is 4.52. The van der Waals surface area contributed by atoms with Gasteiger partial charge in [0.1, 0.15) is 0 Å². The van der Waals surface area contributed by atoms with Crippen molar-refractivity contribution in [3.63, 3.8) is 0 Å². The molecule has 1 heterocycles. The third-order valence-corrected chi connectivity index (χ3v) is 6.65. The van der Waals surface area contributed by atoms with Crippen molar-refractivity contribution in [2.75, 3.05) is 12.4 Å². The van der Waals surface area contributed by atoms with E-state index in [-0.39, 0.29) is 30.0 Å². The second-order valence-electron chi connectivity index (χ2n) is 11.1. The van der Waals surface area contributed by atoms with Crippen LogP contribution >= 0.6 is 0 Å². The number of hydrogen-bond donors (Lipinski definition) is 3. The molecule has 41 heavy (non-hydrogen) atoms. The molecule has 0 aliphatic rings. The lowest BCUT2D eigenvalue weighted by molar-refractivity contribution is -0.130. The molecule has 0 radical (unpaired) electrons. The number of hydrogen-bond acceptors (Lipinski definition) is 6. The van der Waals surface area contributed by atoms with Gasteiger partial charge in [0, 0.05) is 37.8 Å². The minimum Gasteiger partial charge on any atom is -0.388 e. The number of rotatable bonds is 9. The quantitative estimate of drug-likeness (QED) is 0.254. The van der Waals surface area contributed by atoms with E-state index in [0.717, 1.165) is 16.7 Å². The summed E-state index contributed by atoms with van der Waals surface area (Å²) in [5, 5.41) is 9.17. The van der Waals surface area contributed by atoms with Crippen molar-refractivity contribution in [1.29, 1.82) is 0 Å². The highest BCUT2D eigenvalue weighted by Crippen LogP contribution is 2.24. The first-order chi connectivity index (χ1) is 19.5. The van der Waals surface area contributed by atoms with Crippen molar-refractivity contribution >= 4 is 34.5 Å². The monoisotopic (exact) mass is 555 g/mol. The molecular formula is C32H37N5O4. The zero-order chi connectivity index (χ0) is 29.6. The molecular weight excluding hydrogens is 518 g/mol. The van der Waals surface area contributed by atoms with Gasteiger partial charge in [-0.3, -0.25) is 4.79 Å². The Hall–Kier alpha value is -4.66. The van der Waals surface area contributed by atoms with Crippen molar-refractivity contribution in [3.05, 3.63) is 99.4 Å². The smallest absolute Gasteiger partial charge is 0.348 e. The summed E-state index contributed by atoms with van der Waals surface area (Å²) in [5.74, 6) is 0.0377. The van der Waals surface area contributed by atoms with Crippen LogP contribution in [0.25, 0.3) is 10.9 Å². The Morgan fingerprint density at radius 2 is 1.66 bits per heavy atom. The molecule has 0 aliphatic carbocycles. The van der Waals surface area contributed by atoms with Crippen LogP contribution in [0.4, 0.5) is 16.5 Å². The third kappa shape index (κ3) is 7.94. The standard InChI is InChI=1S/C32H37N5O4/c1-21-24(19-33-30(40)36-32(2,3)4)15-17-26-28(21)29(39)41-31(35-26)34-25-14-10-9-13-23(25)16-18-27(38)37(5)20-22-11-7-6-8-12-22/h6-15,17H,16,18-20H2,1-5H3,(H,34,35)(H2,33,36,40). The number of anilines is 2. The van der Waals surface area contributed by atoms with Crippen LogP contribution in [0.1, 0.15) is 49.4 Å². The van der Waals surface area contributed by atoms with Gasteiger partial charge in [0.15, 0.2) is 0 Å². The van der Waals surface area contributed by atoms with Gasteiger partial charge >= 0.3 is 17.7 Å². The number of benzene rings is 3. The molecule has 214 valence electrons. The van der Waals surface area contributed by atoms with Gasteiger partial charge in [0.05, 0.1) is 10.9 Å². The van der Waals surface area contributed by atoms with Gasteiger partial charge in [0.2, 0.25) is 5.91 Å². The molecule has 4 aromatic rings. The molecule has 3 amide bonds. The summed E-state index contributed by atoms with van der Waals surface area (Å²) >= 11 is 0. The van der Waals surface area contributed by atoms with Crippen molar-refractivity contribution in [3.8, 4) is 0 Å². The van der Waals surface area contributed by atoms with E-state index in [0.29, 0.717) is 41.5 Å². The van der Waals surface area contributed by atoms with Gasteiger partial charge in [-0.2, -0.15) is 4.98 Å². The molecule has 0 spiro atoms. The van der Waals surface area contributed by atoms with Crippen LogP contribution < -0.4 is 21.6 Å². The second kappa shape index (κ2) is 12.7. The number of aryl methyl sites for hydroxylation is 2. The molecule has 9 nitrogen and oxygen atoms in total. The zero-order valence-corrected chi connectivity index (χ0v) is 24.2. The molecule has 0 saturated carbocycles. The van der Waals surface area contributed by atoms with Crippen molar-refractivity contribution in [1.82, 2.24) is 20.5 Å². The summed E-state index contributed by atoms with van der Waals surface area (Å²) in [7, 11) is 1.80. The molecule has 0 bridgehead atoms. The van der Waals surface area contributed by atoms with Crippen LogP contribution in [0.2, 0.25) is 0 Å². The summed E-state index contributed by atoms with van der Waals surface area (Å²) in [6, 6.07) is 20.8. The number of fused-ring (bicyclic) bond motifs is 1. The Kier molecular flexibility index (Phi) is 9.07. The van der Waals surface area contributed by atoms with Crippen LogP contribution in [0.5, 0.6) is 0 Å². The predicted octanol–water partition coefficient (Wildman–Crippen LogP) is 5.43. The number of carbonyl (C=O) groups is 2. The number of nitrogens with zero attached hydrogens (tertiary/aromatic N) is 2. The molecule has 0 unspecified atom stereocenters. The largest absolute Gasteiger partial charge is 0.388 e. The number of para-hydroxylation sites is 1. The van der Waals surface area contributed by atoms with Crippen molar-refractivity contribution in [2.45, 2.75) is 59.2 Å². The van der Waals surface area contributed by atoms with E-state index in [1.807, 2.05) is 88.4 Å². The first-order valence-corrected chi connectivity index (χ1v) is 13.6. The fraction of sp³-hybridized carbons (Fsp3) is 0.312. The fourth-order valence-corrected chi connectivity index (χ4v) is 4.52. The van der Waals surface area contributed by atoms with Crippen molar-refractivity contribution in [2.24, 2.45) is 0 Å². The van der Waals surface area contributed by atoms with Gasteiger partial charge in [-0.1, -0.05) is 54.6 Å². The van der Waals surface area contributed by atoms with Crippen LogP contribution in [0.3, 0.4) is 0 Å². The first kappa shape index (κ1) is 29.3.